The fraction of sp³-hybridized carbons (Fsp3) is 0.391. The molecule has 1 atom stereocenters. The number of para-hydroxylation sites is 1. The number of carbonyl (C=O) groups excluding carboxylic acids is 2. The average molecular weight is 377 g/mol. The number of hydrogen-bond donors (Lipinski definition) is 1. The summed E-state index contributed by atoms with van der Waals surface area (Å²) in [4.78, 5) is 28.4. The summed E-state index contributed by atoms with van der Waals surface area (Å²) in [6, 6.07) is 16.0. The van der Waals surface area contributed by atoms with Gasteiger partial charge in [0, 0.05) is 43.9 Å². The summed E-state index contributed by atoms with van der Waals surface area (Å²) in [5, 5.41) is 0. The Balaban J connectivity index is 1.28. The van der Waals surface area contributed by atoms with Crippen LogP contribution >= 0.6 is 0 Å². The normalized spacial score (nSPS) is 18.4. The fourth-order valence-corrected chi connectivity index (χ4v) is 4.44. The van der Waals surface area contributed by atoms with Gasteiger partial charge in [-0.2, -0.15) is 0 Å². The van der Waals surface area contributed by atoms with Gasteiger partial charge < -0.3 is 15.5 Å². The van der Waals surface area contributed by atoms with E-state index in [0.29, 0.717) is 17.9 Å². The molecule has 4 rings (SSSR count). The molecule has 1 fully saturated rings. The molecule has 2 aromatic rings. The van der Waals surface area contributed by atoms with Crippen LogP contribution in [0.2, 0.25) is 0 Å². The van der Waals surface area contributed by atoms with Gasteiger partial charge in [-0.1, -0.05) is 30.3 Å². The molecule has 0 aliphatic carbocycles. The summed E-state index contributed by atoms with van der Waals surface area (Å²) in [6.07, 6.45) is 3.53. The lowest BCUT2D eigenvalue weighted by Gasteiger charge is -2.22. The number of rotatable bonds is 6. The maximum Gasteiger partial charge on any atom is 0.248 e. The molecule has 5 heteroatoms. The Morgan fingerprint density at radius 2 is 1.93 bits per heavy atom. The molecule has 0 saturated carbocycles. The highest BCUT2D eigenvalue weighted by Gasteiger charge is 2.27. The van der Waals surface area contributed by atoms with E-state index in [-0.39, 0.29) is 5.91 Å². The van der Waals surface area contributed by atoms with Crippen molar-refractivity contribution in [3.63, 3.8) is 0 Å². The number of nitrogens with two attached hydrogens (primary N) is 1. The van der Waals surface area contributed by atoms with Crippen molar-refractivity contribution >= 4 is 17.5 Å². The highest BCUT2D eigenvalue weighted by atomic mass is 16.2. The van der Waals surface area contributed by atoms with Gasteiger partial charge in [-0.3, -0.25) is 9.59 Å². The molecule has 2 aromatic carbocycles. The van der Waals surface area contributed by atoms with E-state index in [1.165, 1.54) is 11.3 Å². The van der Waals surface area contributed by atoms with Crippen LogP contribution in [0.3, 0.4) is 0 Å². The Morgan fingerprint density at radius 3 is 2.79 bits per heavy atom. The number of hydrogen-bond acceptors (Lipinski definition) is 3. The summed E-state index contributed by atoms with van der Waals surface area (Å²) in [5.41, 5.74) is 9.70. The van der Waals surface area contributed by atoms with Gasteiger partial charge in [0.1, 0.15) is 0 Å². The van der Waals surface area contributed by atoms with E-state index in [9.17, 15) is 9.59 Å². The van der Waals surface area contributed by atoms with Crippen LogP contribution in [0.1, 0.15) is 34.3 Å². The maximum absolute atomic E-state index is 12.7. The Kier molecular flexibility index (Phi) is 5.33. The molecule has 2 amide bonds. The minimum Gasteiger partial charge on any atom is -0.370 e. The van der Waals surface area contributed by atoms with E-state index in [1.807, 2.05) is 23.1 Å². The van der Waals surface area contributed by atoms with E-state index in [0.717, 1.165) is 51.0 Å². The minimum atomic E-state index is -0.395. The van der Waals surface area contributed by atoms with Gasteiger partial charge in [0.05, 0.1) is 0 Å². The van der Waals surface area contributed by atoms with Gasteiger partial charge in [0.15, 0.2) is 0 Å². The van der Waals surface area contributed by atoms with Crippen LogP contribution in [-0.2, 0) is 17.6 Å². The first kappa shape index (κ1) is 18.5. The quantitative estimate of drug-likeness (QED) is 0.842. The minimum absolute atomic E-state index is 0.248. The largest absolute Gasteiger partial charge is 0.370 e. The van der Waals surface area contributed by atoms with Gasteiger partial charge in [-0.25, -0.2) is 0 Å². The number of benzene rings is 2. The van der Waals surface area contributed by atoms with Crippen molar-refractivity contribution in [1.29, 1.82) is 0 Å². The molecule has 2 heterocycles. The van der Waals surface area contributed by atoms with Gasteiger partial charge in [0.25, 0.3) is 0 Å². The van der Waals surface area contributed by atoms with E-state index >= 15 is 0 Å². The molecule has 0 unspecified atom stereocenters. The molecular weight excluding hydrogens is 350 g/mol. The van der Waals surface area contributed by atoms with E-state index < -0.39 is 5.91 Å². The highest BCUT2D eigenvalue weighted by molar-refractivity contribution is 5.92. The summed E-state index contributed by atoms with van der Waals surface area (Å²) in [5.74, 6) is 0.297. The molecule has 0 aromatic heterocycles. The van der Waals surface area contributed by atoms with Crippen molar-refractivity contribution in [3.05, 3.63) is 65.2 Å². The molecule has 1 saturated heterocycles. The Morgan fingerprint density at radius 1 is 1.07 bits per heavy atom. The lowest BCUT2D eigenvalue weighted by Crippen LogP contribution is -2.33. The Hall–Kier alpha value is -2.82. The maximum atomic E-state index is 12.7. The summed E-state index contributed by atoms with van der Waals surface area (Å²) in [7, 11) is 0. The number of fused-ring (bicyclic) bond motifs is 1. The molecule has 0 bridgehead atoms. The fourth-order valence-electron chi connectivity index (χ4n) is 4.44. The van der Waals surface area contributed by atoms with Crippen molar-refractivity contribution in [2.45, 2.75) is 25.7 Å². The van der Waals surface area contributed by atoms with Crippen molar-refractivity contribution in [2.75, 3.05) is 31.1 Å². The van der Waals surface area contributed by atoms with Gasteiger partial charge >= 0.3 is 0 Å². The lowest BCUT2D eigenvalue weighted by molar-refractivity contribution is -0.130. The van der Waals surface area contributed by atoms with Gasteiger partial charge in [0.2, 0.25) is 11.8 Å². The molecule has 0 radical (unpaired) electrons. The first-order valence-corrected chi connectivity index (χ1v) is 10.1. The van der Waals surface area contributed by atoms with Crippen molar-refractivity contribution in [1.82, 2.24) is 4.90 Å². The number of carbonyl (C=O) groups is 2. The predicted octanol–water partition coefficient (Wildman–Crippen LogP) is 2.63. The second kappa shape index (κ2) is 8.05. The molecule has 2 aliphatic heterocycles. The van der Waals surface area contributed by atoms with E-state index in [2.05, 4.69) is 29.2 Å². The van der Waals surface area contributed by atoms with Crippen LogP contribution in [-0.4, -0.2) is 42.9 Å². The zero-order chi connectivity index (χ0) is 19.5. The van der Waals surface area contributed by atoms with E-state index in [4.69, 9.17) is 5.73 Å². The summed E-state index contributed by atoms with van der Waals surface area (Å²) in [6.45, 7) is 3.43. The summed E-state index contributed by atoms with van der Waals surface area (Å²) < 4.78 is 0. The second-order valence-corrected chi connectivity index (χ2v) is 7.88. The average Bonchev–Trinajstić information content (AvgIpc) is 3.33. The monoisotopic (exact) mass is 377 g/mol. The Labute approximate surface area is 166 Å². The standard InChI is InChI=1S/C23H27N3O2/c24-23(28)20-6-3-4-17(15-20)14-18-8-11-26(16-18)22(27)10-13-25-12-9-19-5-1-2-7-21(19)25/h1-7,15,18H,8-14,16H2,(H2,24,28)/t18-/m1/s1. The number of anilines is 1. The molecule has 146 valence electrons. The number of primary amides is 1. The van der Waals surface area contributed by atoms with Gasteiger partial charge in [-0.05, 0) is 54.5 Å². The van der Waals surface area contributed by atoms with Gasteiger partial charge in [-0.15, -0.1) is 0 Å². The third-order valence-electron chi connectivity index (χ3n) is 5.95. The van der Waals surface area contributed by atoms with Crippen molar-refractivity contribution in [2.24, 2.45) is 11.7 Å². The van der Waals surface area contributed by atoms with E-state index in [1.54, 1.807) is 6.07 Å². The highest BCUT2D eigenvalue weighted by Crippen LogP contribution is 2.28. The van der Waals surface area contributed by atoms with Crippen LogP contribution < -0.4 is 10.6 Å². The molecule has 2 aliphatic rings. The Bertz CT molecular complexity index is 880. The SMILES string of the molecule is NC(=O)c1cccc(C[C@H]2CCN(C(=O)CCN3CCc4ccccc43)C2)c1. The van der Waals surface area contributed by atoms with Crippen LogP contribution in [0.4, 0.5) is 5.69 Å². The second-order valence-electron chi connectivity index (χ2n) is 7.88. The number of likely N-dealkylation sites (tertiary alicyclic amines) is 1. The third-order valence-corrected chi connectivity index (χ3v) is 5.95. The first-order chi connectivity index (χ1) is 13.6. The molecule has 0 spiro atoms. The van der Waals surface area contributed by atoms with Crippen LogP contribution in [0, 0.1) is 5.92 Å². The molecule has 2 N–H and O–H groups in total. The van der Waals surface area contributed by atoms with Crippen LogP contribution in [0.15, 0.2) is 48.5 Å². The topological polar surface area (TPSA) is 66.6 Å². The lowest BCUT2D eigenvalue weighted by atomic mass is 9.97. The smallest absolute Gasteiger partial charge is 0.248 e. The summed E-state index contributed by atoms with van der Waals surface area (Å²) >= 11 is 0. The predicted molar refractivity (Wildman–Crippen MR) is 110 cm³/mol. The zero-order valence-electron chi connectivity index (χ0n) is 16.1. The van der Waals surface area contributed by atoms with Crippen LogP contribution in [0.5, 0.6) is 0 Å². The molecule has 5 nitrogen and oxygen atoms in total. The zero-order valence-corrected chi connectivity index (χ0v) is 16.1. The van der Waals surface area contributed by atoms with Crippen molar-refractivity contribution < 1.29 is 9.59 Å². The third kappa shape index (κ3) is 4.03. The van der Waals surface area contributed by atoms with Crippen LogP contribution in [0.25, 0.3) is 0 Å². The van der Waals surface area contributed by atoms with Crippen molar-refractivity contribution in [3.8, 4) is 0 Å². The first-order valence-electron chi connectivity index (χ1n) is 10.1. The molecular formula is C23H27N3O2. The number of nitrogens with zero attached hydrogens (tertiary/aromatic N) is 2. The number of amides is 2. The molecule has 28 heavy (non-hydrogen) atoms.